The highest BCUT2D eigenvalue weighted by Gasteiger charge is 2.55. The maximum Gasteiger partial charge on any atom is 0.175 e. The summed E-state index contributed by atoms with van der Waals surface area (Å²) in [5.41, 5.74) is 0.996. The summed E-state index contributed by atoms with van der Waals surface area (Å²) in [6.45, 7) is 2.04. The number of hydrogen-bond donors (Lipinski definition) is 0. The molecule has 2 bridgehead atoms. The van der Waals surface area contributed by atoms with Crippen molar-refractivity contribution in [2.24, 2.45) is 11.8 Å². The molecule has 1 fully saturated rings. The number of halogens is 2. The van der Waals surface area contributed by atoms with Gasteiger partial charge in [-0.15, -0.1) is 0 Å². The topological polar surface area (TPSA) is 17.1 Å². The molecule has 0 aliphatic heterocycles. The molecule has 3 rings (SSSR count). The Morgan fingerprint density at radius 1 is 1.36 bits per heavy atom. The maximum absolute atomic E-state index is 15.1. The molecule has 118 valence electrons. The van der Waals surface area contributed by atoms with E-state index in [1.54, 1.807) is 0 Å². The van der Waals surface area contributed by atoms with Gasteiger partial charge in [-0.2, -0.15) is 0 Å². The molecule has 0 amide bonds. The molecule has 0 aromatic heterocycles. The second-order valence-electron chi connectivity index (χ2n) is 6.68. The zero-order valence-corrected chi connectivity index (χ0v) is 14.5. The van der Waals surface area contributed by atoms with Gasteiger partial charge in [0.05, 0.1) is 0 Å². The summed E-state index contributed by atoms with van der Waals surface area (Å²) < 4.78 is 16.2. The molecule has 1 saturated carbocycles. The van der Waals surface area contributed by atoms with Crippen LogP contribution in [-0.2, 0) is 11.2 Å². The van der Waals surface area contributed by atoms with E-state index in [0.29, 0.717) is 12.8 Å². The first-order valence-electron chi connectivity index (χ1n) is 8.20. The molecule has 2 aliphatic carbocycles. The number of rotatable bonds is 6. The number of allylic oxidation sites excluding steroid dienone is 2. The lowest BCUT2D eigenvalue weighted by Crippen LogP contribution is -2.38. The average Bonchev–Trinajstić information content (AvgIpc) is 3.04. The Bertz CT molecular complexity index is 592. The summed E-state index contributed by atoms with van der Waals surface area (Å²) in [6.07, 6.45) is 6.31. The minimum absolute atomic E-state index is 0.166. The largest absolute Gasteiger partial charge is 0.296 e. The molecule has 22 heavy (non-hydrogen) atoms. The molecule has 0 radical (unpaired) electrons. The van der Waals surface area contributed by atoms with Gasteiger partial charge in [-0.3, -0.25) is 4.79 Å². The molecule has 0 spiro atoms. The Hall–Kier alpha value is -0.960. The summed E-state index contributed by atoms with van der Waals surface area (Å²) in [7, 11) is 0. The van der Waals surface area contributed by atoms with Crippen LogP contribution >= 0.6 is 15.9 Å². The van der Waals surface area contributed by atoms with Crippen molar-refractivity contribution in [1.29, 1.82) is 0 Å². The number of carbonyl (C=O) groups excluding carboxylic acids is 1. The van der Waals surface area contributed by atoms with Crippen molar-refractivity contribution in [3.63, 3.8) is 0 Å². The summed E-state index contributed by atoms with van der Waals surface area (Å²) in [5.74, 6) is -0.0997. The van der Waals surface area contributed by atoms with Gasteiger partial charge in [0, 0.05) is 16.8 Å². The number of Topliss-reactive ketones (excluding diaryl/α,β-unsaturated/α-hetero) is 1. The molecular weight excluding hydrogens is 343 g/mol. The van der Waals surface area contributed by atoms with Crippen molar-refractivity contribution in [1.82, 2.24) is 0 Å². The molecule has 2 aliphatic rings. The van der Waals surface area contributed by atoms with E-state index >= 15 is 4.39 Å². The molecule has 1 aromatic rings. The second kappa shape index (κ2) is 6.27. The van der Waals surface area contributed by atoms with Crippen molar-refractivity contribution in [3.05, 3.63) is 46.0 Å². The molecule has 3 atom stereocenters. The third kappa shape index (κ3) is 2.92. The van der Waals surface area contributed by atoms with E-state index in [0.717, 1.165) is 30.2 Å². The summed E-state index contributed by atoms with van der Waals surface area (Å²) >= 11 is 3.44. The van der Waals surface area contributed by atoms with E-state index in [1.807, 2.05) is 19.1 Å². The molecular formula is C19H22BrFO. The van der Waals surface area contributed by atoms with Crippen molar-refractivity contribution < 1.29 is 9.18 Å². The molecule has 0 unspecified atom stereocenters. The number of carbonyl (C=O) groups is 1. The average molecular weight is 365 g/mol. The third-order valence-corrected chi connectivity index (χ3v) is 5.68. The van der Waals surface area contributed by atoms with Crippen LogP contribution in [0.3, 0.4) is 0 Å². The van der Waals surface area contributed by atoms with Gasteiger partial charge in [0.1, 0.15) is 0 Å². The molecule has 3 heteroatoms. The van der Waals surface area contributed by atoms with Crippen molar-refractivity contribution >= 4 is 21.7 Å². The fraction of sp³-hybridized carbons (Fsp3) is 0.526. The monoisotopic (exact) mass is 364 g/mol. The molecule has 1 nitrogen and oxygen atoms in total. The minimum atomic E-state index is -1.58. The van der Waals surface area contributed by atoms with Crippen molar-refractivity contribution in [2.75, 3.05) is 0 Å². The van der Waals surface area contributed by atoms with Gasteiger partial charge in [0.15, 0.2) is 11.5 Å². The van der Waals surface area contributed by atoms with Gasteiger partial charge in [0.25, 0.3) is 0 Å². The Labute approximate surface area is 140 Å². The Morgan fingerprint density at radius 3 is 2.68 bits per heavy atom. The molecule has 0 N–H and O–H groups in total. The number of benzene rings is 1. The van der Waals surface area contributed by atoms with E-state index in [1.165, 1.54) is 11.1 Å². The van der Waals surface area contributed by atoms with Crippen LogP contribution < -0.4 is 0 Å². The van der Waals surface area contributed by atoms with Gasteiger partial charge < -0.3 is 0 Å². The SMILES string of the molecule is CCCCC(=O)[C@]1(F)C[C@@H]2C[C@H]1C=C2Cc1ccc(Br)cc1. The van der Waals surface area contributed by atoms with E-state index in [4.69, 9.17) is 0 Å². The van der Waals surface area contributed by atoms with Crippen LogP contribution in [0.1, 0.15) is 44.6 Å². The van der Waals surface area contributed by atoms with Crippen molar-refractivity contribution in [3.8, 4) is 0 Å². The number of alkyl halides is 1. The highest BCUT2D eigenvalue weighted by molar-refractivity contribution is 9.10. The van der Waals surface area contributed by atoms with Crippen molar-refractivity contribution in [2.45, 2.75) is 51.1 Å². The first-order chi connectivity index (χ1) is 10.5. The molecule has 1 aromatic carbocycles. The van der Waals surface area contributed by atoms with Crippen LogP contribution in [0.2, 0.25) is 0 Å². The third-order valence-electron chi connectivity index (χ3n) is 5.15. The lowest BCUT2D eigenvalue weighted by atomic mass is 9.81. The molecule has 0 saturated heterocycles. The zero-order chi connectivity index (χ0) is 15.7. The smallest absolute Gasteiger partial charge is 0.175 e. The maximum atomic E-state index is 15.1. The van der Waals surface area contributed by atoms with Crippen LogP contribution in [0.4, 0.5) is 4.39 Å². The van der Waals surface area contributed by atoms with Gasteiger partial charge in [0.2, 0.25) is 0 Å². The normalized spacial score (nSPS) is 29.7. The number of unbranched alkanes of at least 4 members (excludes halogenated alkanes) is 1. The van der Waals surface area contributed by atoms with E-state index in [-0.39, 0.29) is 17.6 Å². The van der Waals surface area contributed by atoms with Crippen LogP contribution in [0.5, 0.6) is 0 Å². The number of ketones is 1. The number of fused-ring (bicyclic) bond motifs is 2. The Kier molecular flexibility index (Phi) is 4.54. The minimum Gasteiger partial charge on any atom is -0.296 e. The van der Waals surface area contributed by atoms with Crippen LogP contribution in [0, 0.1) is 11.8 Å². The predicted octanol–water partition coefficient (Wildman–Crippen LogP) is 5.43. The standard InChI is InChI=1S/C19H22BrFO/c1-2-3-4-18(22)19(21)12-15-11-16(19)10-14(15)9-13-5-7-17(20)8-6-13/h5-8,10,15-16H,2-4,9,11-12H2,1H3/t15-,16+,19-/m0/s1. The van der Waals surface area contributed by atoms with E-state index < -0.39 is 5.67 Å². The van der Waals surface area contributed by atoms with Gasteiger partial charge in [-0.1, -0.05) is 53.1 Å². The zero-order valence-electron chi connectivity index (χ0n) is 12.9. The Morgan fingerprint density at radius 2 is 2.09 bits per heavy atom. The first-order valence-corrected chi connectivity index (χ1v) is 8.99. The van der Waals surface area contributed by atoms with E-state index in [9.17, 15) is 4.79 Å². The summed E-state index contributed by atoms with van der Waals surface area (Å²) in [4.78, 5) is 12.2. The number of hydrogen-bond acceptors (Lipinski definition) is 1. The van der Waals surface area contributed by atoms with Crippen LogP contribution in [-0.4, -0.2) is 11.5 Å². The quantitative estimate of drug-likeness (QED) is 0.615. The van der Waals surface area contributed by atoms with E-state index in [2.05, 4.69) is 34.1 Å². The van der Waals surface area contributed by atoms with Crippen LogP contribution in [0.15, 0.2) is 40.4 Å². The summed E-state index contributed by atoms with van der Waals surface area (Å²) in [6, 6.07) is 8.28. The lowest BCUT2D eigenvalue weighted by Gasteiger charge is -2.27. The van der Waals surface area contributed by atoms with Gasteiger partial charge in [-0.05, 0) is 49.3 Å². The van der Waals surface area contributed by atoms with Gasteiger partial charge in [-0.25, -0.2) is 4.39 Å². The van der Waals surface area contributed by atoms with Gasteiger partial charge >= 0.3 is 0 Å². The summed E-state index contributed by atoms with van der Waals surface area (Å²) in [5, 5.41) is 0. The molecule has 0 heterocycles. The fourth-order valence-corrected chi connectivity index (χ4v) is 4.14. The van der Waals surface area contributed by atoms with Crippen LogP contribution in [0.25, 0.3) is 0 Å². The fourth-order valence-electron chi connectivity index (χ4n) is 3.87. The lowest BCUT2D eigenvalue weighted by molar-refractivity contribution is -0.132. The highest BCUT2D eigenvalue weighted by Crippen LogP contribution is 2.53. The predicted molar refractivity (Wildman–Crippen MR) is 90.5 cm³/mol. The Balaban J connectivity index is 1.69. The second-order valence-corrected chi connectivity index (χ2v) is 7.59. The highest BCUT2D eigenvalue weighted by atomic mass is 79.9. The first kappa shape index (κ1) is 15.9.